The van der Waals surface area contributed by atoms with Gasteiger partial charge in [0.25, 0.3) is 0 Å². The first kappa shape index (κ1) is 15.3. The minimum atomic E-state index is -0.150. The van der Waals surface area contributed by atoms with Gasteiger partial charge in [0.15, 0.2) is 0 Å². The molecule has 2 heterocycles. The van der Waals surface area contributed by atoms with Crippen molar-refractivity contribution in [2.45, 2.75) is 6.54 Å². The topological polar surface area (TPSA) is 68.7 Å². The van der Waals surface area contributed by atoms with E-state index in [4.69, 9.17) is 0 Å². The predicted molar refractivity (Wildman–Crippen MR) is 88.2 cm³/mol. The summed E-state index contributed by atoms with van der Waals surface area (Å²) >= 11 is 0. The average molecular weight is 312 g/mol. The van der Waals surface area contributed by atoms with Crippen molar-refractivity contribution >= 4 is 11.8 Å². The van der Waals surface area contributed by atoms with Gasteiger partial charge in [-0.2, -0.15) is 0 Å². The van der Waals surface area contributed by atoms with Crippen LogP contribution in [0.15, 0.2) is 48.7 Å². The van der Waals surface area contributed by atoms with Gasteiger partial charge in [-0.3, -0.25) is 10.2 Å². The summed E-state index contributed by atoms with van der Waals surface area (Å²) in [4.78, 5) is 20.3. The number of pyridine rings is 1. The molecule has 0 spiro atoms. The van der Waals surface area contributed by atoms with E-state index in [-0.39, 0.29) is 11.8 Å². The lowest BCUT2D eigenvalue weighted by molar-refractivity contribution is 0.143. The number of hydrogen-bond acceptors (Lipinski definition) is 4. The molecule has 1 saturated heterocycles. The minimum Gasteiger partial charge on any atom is -0.506 e. The standard InChI is InChI=1S/C17H20N4O2/c22-15-6-7-16(18-12-15)19-17(23)21-10-8-20(9-11-21)13-14-4-2-1-3-5-14/h1-7,12,22H,8-11,13H2,(H,18,19,23). The first-order valence-corrected chi connectivity index (χ1v) is 7.68. The first-order chi connectivity index (χ1) is 11.2. The molecule has 2 N–H and O–H groups in total. The van der Waals surface area contributed by atoms with E-state index in [1.807, 2.05) is 18.2 Å². The van der Waals surface area contributed by atoms with E-state index in [1.54, 1.807) is 11.0 Å². The van der Waals surface area contributed by atoms with Gasteiger partial charge in [-0.1, -0.05) is 30.3 Å². The third-order valence-corrected chi connectivity index (χ3v) is 3.89. The Bertz CT molecular complexity index is 637. The zero-order valence-corrected chi connectivity index (χ0v) is 12.9. The number of nitrogens with one attached hydrogen (secondary N) is 1. The number of piperazine rings is 1. The molecule has 3 rings (SSSR count). The van der Waals surface area contributed by atoms with Crippen molar-refractivity contribution in [3.63, 3.8) is 0 Å². The smallest absolute Gasteiger partial charge is 0.323 e. The van der Waals surface area contributed by atoms with Crippen LogP contribution in [0.5, 0.6) is 5.75 Å². The Hall–Kier alpha value is -2.60. The van der Waals surface area contributed by atoms with Crippen LogP contribution in [0.1, 0.15) is 5.56 Å². The van der Waals surface area contributed by atoms with Crippen molar-refractivity contribution in [1.82, 2.24) is 14.8 Å². The number of hydrogen-bond donors (Lipinski definition) is 2. The molecule has 1 aromatic heterocycles. The molecule has 2 aromatic rings. The number of aromatic hydroxyl groups is 1. The zero-order chi connectivity index (χ0) is 16.1. The number of nitrogens with zero attached hydrogens (tertiary/aromatic N) is 3. The molecule has 0 aliphatic carbocycles. The van der Waals surface area contributed by atoms with Crippen LogP contribution in [-0.4, -0.2) is 52.1 Å². The molecule has 0 bridgehead atoms. The predicted octanol–water partition coefficient (Wildman–Crippen LogP) is 2.14. The summed E-state index contributed by atoms with van der Waals surface area (Å²) in [6.07, 6.45) is 1.31. The van der Waals surface area contributed by atoms with Gasteiger partial charge in [0.05, 0.1) is 6.20 Å². The molecule has 6 nitrogen and oxygen atoms in total. The van der Waals surface area contributed by atoms with Crippen molar-refractivity contribution in [3.8, 4) is 5.75 Å². The second-order valence-electron chi connectivity index (χ2n) is 5.58. The number of carbonyl (C=O) groups excluding carboxylic acids is 1. The van der Waals surface area contributed by atoms with E-state index in [1.165, 1.54) is 17.8 Å². The van der Waals surface area contributed by atoms with Crippen LogP contribution in [0.2, 0.25) is 0 Å². The number of carbonyl (C=O) groups is 1. The van der Waals surface area contributed by atoms with Gasteiger partial charge in [-0.25, -0.2) is 9.78 Å². The quantitative estimate of drug-likeness (QED) is 0.911. The fourth-order valence-corrected chi connectivity index (χ4v) is 2.60. The van der Waals surface area contributed by atoms with Crippen LogP contribution < -0.4 is 5.32 Å². The zero-order valence-electron chi connectivity index (χ0n) is 12.9. The minimum absolute atomic E-state index is 0.0810. The molecule has 1 aliphatic heterocycles. The van der Waals surface area contributed by atoms with Crippen LogP contribution in [0.4, 0.5) is 10.6 Å². The maximum absolute atomic E-state index is 12.2. The molecule has 120 valence electrons. The lowest BCUT2D eigenvalue weighted by Gasteiger charge is -2.34. The van der Waals surface area contributed by atoms with E-state index in [2.05, 4.69) is 27.3 Å². The van der Waals surface area contributed by atoms with Crippen molar-refractivity contribution in [3.05, 3.63) is 54.2 Å². The summed E-state index contributed by atoms with van der Waals surface area (Å²) in [6, 6.07) is 13.3. The normalized spacial score (nSPS) is 15.4. The molecule has 0 atom stereocenters. The molecule has 0 saturated carbocycles. The summed E-state index contributed by atoms with van der Waals surface area (Å²) < 4.78 is 0. The van der Waals surface area contributed by atoms with Gasteiger partial charge in [-0.15, -0.1) is 0 Å². The highest BCUT2D eigenvalue weighted by molar-refractivity contribution is 5.88. The summed E-state index contributed by atoms with van der Waals surface area (Å²) in [5, 5.41) is 11.9. The molecular weight excluding hydrogens is 292 g/mol. The second-order valence-corrected chi connectivity index (χ2v) is 5.58. The summed E-state index contributed by atoms with van der Waals surface area (Å²) in [7, 11) is 0. The Morgan fingerprint density at radius 3 is 2.48 bits per heavy atom. The van der Waals surface area contributed by atoms with Gasteiger partial charge < -0.3 is 10.0 Å². The van der Waals surface area contributed by atoms with E-state index in [0.717, 1.165) is 19.6 Å². The van der Waals surface area contributed by atoms with E-state index in [9.17, 15) is 9.90 Å². The Kier molecular flexibility index (Phi) is 4.73. The van der Waals surface area contributed by atoms with Crippen LogP contribution in [0, 0.1) is 0 Å². The molecule has 0 radical (unpaired) electrons. The van der Waals surface area contributed by atoms with E-state index in [0.29, 0.717) is 18.9 Å². The number of urea groups is 1. The van der Waals surface area contributed by atoms with E-state index < -0.39 is 0 Å². The third-order valence-electron chi connectivity index (χ3n) is 3.89. The van der Waals surface area contributed by atoms with Gasteiger partial charge >= 0.3 is 6.03 Å². The van der Waals surface area contributed by atoms with Gasteiger partial charge in [0, 0.05) is 32.7 Å². The van der Waals surface area contributed by atoms with Gasteiger partial charge in [0.1, 0.15) is 11.6 Å². The number of benzene rings is 1. The second kappa shape index (κ2) is 7.11. The molecule has 1 fully saturated rings. The lowest BCUT2D eigenvalue weighted by Crippen LogP contribution is -2.49. The third kappa shape index (κ3) is 4.20. The number of anilines is 1. The van der Waals surface area contributed by atoms with Crippen molar-refractivity contribution in [2.24, 2.45) is 0 Å². The maximum atomic E-state index is 12.2. The molecule has 6 heteroatoms. The number of rotatable bonds is 3. The molecule has 2 amide bonds. The lowest BCUT2D eigenvalue weighted by atomic mass is 10.2. The highest BCUT2D eigenvalue weighted by Crippen LogP contribution is 2.12. The molecular formula is C17H20N4O2. The van der Waals surface area contributed by atoms with Crippen molar-refractivity contribution in [2.75, 3.05) is 31.5 Å². The maximum Gasteiger partial charge on any atom is 0.323 e. The van der Waals surface area contributed by atoms with Crippen LogP contribution in [-0.2, 0) is 6.54 Å². The fourth-order valence-electron chi connectivity index (χ4n) is 2.60. The Labute approximate surface area is 135 Å². The highest BCUT2D eigenvalue weighted by atomic mass is 16.3. The first-order valence-electron chi connectivity index (χ1n) is 7.68. The number of aromatic nitrogens is 1. The van der Waals surface area contributed by atoms with E-state index >= 15 is 0 Å². The van der Waals surface area contributed by atoms with Crippen LogP contribution >= 0.6 is 0 Å². The Balaban J connectivity index is 1.48. The Morgan fingerprint density at radius 1 is 1.09 bits per heavy atom. The average Bonchev–Trinajstić information content (AvgIpc) is 2.58. The molecule has 1 aromatic carbocycles. The van der Waals surface area contributed by atoms with Crippen LogP contribution in [0.3, 0.4) is 0 Å². The van der Waals surface area contributed by atoms with Crippen molar-refractivity contribution in [1.29, 1.82) is 0 Å². The van der Waals surface area contributed by atoms with Crippen LogP contribution in [0.25, 0.3) is 0 Å². The van der Waals surface area contributed by atoms with Gasteiger partial charge in [0.2, 0.25) is 0 Å². The van der Waals surface area contributed by atoms with Crippen molar-refractivity contribution < 1.29 is 9.90 Å². The molecule has 0 unspecified atom stereocenters. The monoisotopic (exact) mass is 312 g/mol. The SMILES string of the molecule is O=C(Nc1ccc(O)cn1)N1CCN(Cc2ccccc2)CC1. The molecule has 23 heavy (non-hydrogen) atoms. The summed E-state index contributed by atoms with van der Waals surface area (Å²) in [6.45, 7) is 4.00. The Morgan fingerprint density at radius 2 is 1.83 bits per heavy atom. The fraction of sp³-hybridized carbons (Fsp3) is 0.294. The largest absolute Gasteiger partial charge is 0.506 e. The highest BCUT2D eigenvalue weighted by Gasteiger charge is 2.21. The number of amides is 2. The molecule has 1 aliphatic rings. The summed E-state index contributed by atoms with van der Waals surface area (Å²) in [5.41, 5.74) is 1.29. The van der Waals surface area contributed by atoms with Gasteiger partial charge in [-0.05, 0) is 17.7 Å². The summed E-state index contributed by atoms with van der Waals surface area (Å²) in [5.74, 6) is 0.525.